The van der Waals surface area contributed by atoms with E-state index in [1.807, 2.05) is 55.5 Å². The monoisotopic (exact) mass is 528 g/mol. The fraction of sp³-hybridized carbons (Fsp3) is 0.258. The van der Waals surface area contributed by atoms with Crippen LogP contribution in [0.4, 0.5) is 0 Å². The summed E-state index contributed by atoms with van der Waals surface area (Å²) in [5.41, 5.74) is 5.56. The number of fused-ring (bicyclic) bond motifs is 3. The van der Waals surface area contributed by atoms with Crippen LogP contribution in [0.5, 0.6) is 17.2 Å². The lowest BCUT2D eigenvalue weighted by molar-refractivity contribution is 0.0954. The molecule has 38 heavy (non-hydrogen) atoms. The van der Waals surface area contributed by atoms with Crippen LogP contribution >= 0.6 is 11.6 Å². The van der Waals surface area contributed by atoms with Crippen LogP contribution in [0.25, 0.3) is 17.0 Å². The smallest absolute Gasteiger partial charge is 0.231 e. The van der Waals surface area contributed by atoms with Gasteiger partial charge in [-0.15, -0.1) is 0 Å². The number of Topliss-reactive ketones (excluding diaryl/α,β-unsaturated/α-hetero) is 1. The fourth-order valence-electron chi connectivity index (χ4n) is 5.37. The average molecular weight is 529 g/mol. The molecule has 4 aromatic rings. The molecule has 0 saturated carbocycles. The number of methoxy groups -OCH3 is 1. The number of aryl methyl sites for hydroxylation is 1. The van der Waals surface area contributed by atoms with Gasteiger partial charge in [0.1, 0.15) is 24.0 Å². The maximum atomic E-state index is 13.5. The van der Waals surface area contributed by atoms with E-state index in [0.717, 1.165) is 69.2 Å². The van der Waals surface area contributed by atoms with Crippen molar-refractivity contribution in [2.45, 2.75) is 33.4 Å². The van der Waals surface area contributed by atoms with Crippen LogP contribution in [0, 0.1) is 6.92 Å². The Morgan fingerprint density at radius 3 is 2.76 bits per heavy atom. The van der Waals surface area contributed by atoms with Crippen LogP contribution in [0.15, 0.2) is 60.5 Å². The van der Waals surface area contributed by atoms with Crippen molar-refractivity contribution in [3.8, 4) is 17.2 Å². The molecular formula is C31H29ClN2O4. The second kappa shape index (κ2) is 9.86. The standard InChI is InChI=1S/C31H29ClN2O4/c1-4-34-17-21(24-15-23(36-3)9-10-27(24)34)14-28-29(35)25-13-22-16-33(12-11-20-7-5-6-8-26(20)32)18-37-30(22)19(2)31(25)38-28/h5-10,13-15,17H,4,11-12,16,18H2,1-3H3/b28-14-. The van der Waals surface area contributed by atoms with Gasteiger partial charge >= 0.3 is 0 Å². The van der Waals surface area contributed by atoms with Crippen molar-refractivity contribution >= 4 is 34.4 Å². The summed E-state index contributed by atoms with van der Waals surface area (Å²) in [5, 5.41) is 1.79. The molecule has 0 bridgehead atoms. The Balaban J connectivity index is 1.28. The minimum absolute atomic E-state index is 0.112. The maximum Gasteiger partial charge on any atom is 0.231 e. The molecule has 0 radical (unpaired) electrons. The number of hydrogen-bond acceptors (Lipinski definition) is 5. The van der Waals surface area contributed by atoms with Crippen molar-refractivity contribution in [3.05, 3.63) is 93.3 Å². The third kappa shape index (κ3) is 4.24. The molecule has 0 saturated heterocycles. The fourth-order valence-corrected chi connectivity index (χ4v) is 5.60. The van der Waals surface area contributed by atoms with Crippen LogP contribution in [-0.4, -0.2) is 35.6 Å². The first-order chi connectivity index (χ1) is 18.5. The minimum atomic E-state index is -0.112. The Bertz CT molecular complexity index is 1600. The summed E-state index contributed by atoms with van der Waals surface area (Å²) in [7, 11) is 1.65. The second-order valence-electron chi connectivity index (χ2n) is 9.73. The molecule has 0 spiro atoms. The molecule has 7 heteroatoms. The number of nitrogens with zero attached hydrogens (tertiary/aromatic N) is 2. The molecule has 0 amide bonds. The molecule has 0 unspecified atom stereocenters. The van der Waals surface area contributed by atoms with E-state index in [1.54, 1.807) is 7.11 Å². The highest BCUT2D eigenvalue weighted by atomic mass is 35.5. The molecule has 0 aliphatic carbocycles. The number of ketones is 1. The Morgan fingerprint density at radius 1 is 1.13 bits per heavy atom. The van der Waals surface area contributed by atoms with Gasteiger partial charge in [-0.25, -0.2) is 0 Å². The molecule has 0 atom stereocenters. The van der Waals surface area contributed by atoms with Crippen LogP contribution in [0.2, 0.25) is 5.02 Å². The number of ether oxygens (including phenoxy) is 3. The lowest BCUT2D eigenvalue weighted by Crippen LogP contribution is -2.34. The summed E-state index contributed by atoms with van der Waals surface area (Å²) in [5.74, 6) is 2.37. The van der Waals surface area contributed by atoms with Crippen LogP contribution in [0.1, 0.15) is 39.5 Å². The Morgan fingerprint density at radius 2 is 1.97 bits per heavy atom. The van der Waals surface area contributed by atoms with Gasteiger partial charge in [-0.1, -0.05) is 29.8 Å². The second-order valence-corrected chi connectivity index (χ2v) is 10.1. The summed E-state index contributed by atoms with van der Waals surface area (Å²) < 4.78 is 19.9. The van der Waals surface area contributed by atoms with E-state index in [2.05, 4.69) is 28.7 Å². The number of hydrogen-bond donors (Lipinski definition) is 0. The number of aromatic nitrogens is 1. The predicted molar refractivity (Wildman–Crippen MR) is 149 cm³/mol. The number of benzene rings is 3. The first-order valence-corrected chi connectivity index (χ1v) is 13.2. The van der Waals surface area contributed by atoms with E-state index in [-0.39, 0.29) is 5.78 Å². The van der Waals surface area contributed by atoms with Crippen molar-refractivity contribution in [1.29, 1.82) is 0 Å². The molecule has 194 valence electrons. The summed E-state index contributed by atoms with van der Waals surface area (Å²) in [6, 6.07) is 15.8. The van der Waals surface area contributed by atoms with Gasteiger partial charge < -0.3 is 18.8 Å². The molecule has 0 fully saturated rings. The third-order valence-electron chi connectivity index (χ3n) is 7.40. The molecule has 3 heterocycles. The molecule has 2 aliphatic heterocycles. The number of carbonyl (C=O) groups excluding carboxylic acids is 1. The van der Waals surface area contributed by atoms with Crippen LogP contribution < -0.4 is 14.2 Å². The van der Waals surface area contributed by atoms with Gasteiger partial charge in [0.05, 0.1) is 12.7 Å². The van der Waals surface area contributed by atoms with Crippen molar-refractivity contribution < 1.29 is 19.0 Å². The summed E-state index contributed by atoms with van der Waals surface area (Å²) in [4.78, 5) is 15.7. The molecule has 0 N–H and O–H groups in total. The zero-order valence-corrected chi connectivity index (χ0v) is 22.5. The van der Waals surface area contributed by atoms with Gasteiger partial charge in [0.25, 0.3) is 0 Å². The topological polar surface area (TPSA) is 52.9 Å². The third-order valence-corrected chi connectivity index (χ3v) is 7.77. The van der Waals surface area contributed by atoms with E-state index < -0.39 is 0 Å². The van der Waals surface area contributed by atoms with E-state index in [1.165, 1.54) is 0 Å². The highest BCUT2D eigenvalue weighted by Gasteiger charge is 2.34. The largest absolute Gasteiger partial charge is 0.497 e. The Labute approximate surface area is 227 Å². The van der Waals surface area contributed by atoms with Crippen molar-refractivity contribution in [2.75, 3.05) is 20.4 Å². The molecule has 1 aromatic heterocycles. The van der Waals surface area contributed by atoms with Gasteiger partial charge in [0.2, 0.25) is 5.78 Å². The zero-order chi connectivity index (χ0) is 26.4. The van der Waals surface area contributed by atoms with E-state index in [9.17, 15) is 4.79 Å². The summed E-state index contributed by atoms with van der Waals surface area (Å²) in [6.45, 7) is 6.85. The molecule has 6 rings (SSSR count). The van der Waals surface area contributed by atoms with Gasteiger partial charge in [0.15, 0.2) is 5.76 Å². The number of allylic oxidation sites excluding steroid dienone is 1. The van der Waals surface area contributed by atoms with Crippen molar-refractivity contribution in [2.24, 2.45) is 0 Å². The van der Waals surface area contributed by atoms with Gasteiger partial charge in [-0.3, -0.25) is 9.69 Å². The number of carbonyl (C=O) groups is 1. The lowest BCUT2D eigenvalue weighted by atomic mass is 9.99. The van der Waals surface area contributed by atoms with Gasteiger partial charge in [0, 0.05) is 58.4 Å². The van der Waals surface area contributed by atoms with E-state index >= 15 is 0 Å². The molecular weight excluding hydrogens is 500 g/mol. The molecule has 2 aliphatic rings. The summed E-state index contributed by atoms with van der Waals surface area (Å²) >= 11 is 6.34. The van der Waals surface area contributed by atoms with Crippen molar-refractivity contribution in [1.82, 2.24) is 9.47 Å². The Hall–Kier alpha value is -3.74. The average Bonchev–Trinajstić information content (AvgIpc) is 3.45. The normalized spacial score (nSPS) is 15.9. The van der Waals surface area contributed by atoms with E-state index in [0.29, 0.717) is 30.3 Å². The highest BCUT2D eigenvalue weighted by Crippen LogP contribution is 2.43. The quantitative estimate of drug-likeness (QED) is 0.262. The number of halogens is 1. The first-order valence-electron chi connectivity index (χ1n) is 12.8. The zero-order valence-electron chi connectivity index (χ0n) is 21.7. The van der Waals surface area contributed by atoms with Crippen LogP contribution in [-0.2, 0) is 19.5 Å². The van der Waals surface area contributed by atoms with E-state index in [4.69, 9.17) is 25.8 Å². The highest BCUT2D eigenvalue weighted by molar-refractivity contribution is 6.31. The SMILES string of the molecule is CCn1cc(/C=C2\Oc3c(cc4c(c3C)OCN(CCc3ccccc3Cl)C4)C2=O)c2cc(OC)ccc21. The Kier molecular flexibility index (Phi) is 6.38. The van der Waals surface area contributed by atoms with Crippen molar-refractivity contribution in [3.63, 3.8) is 0 Å². The maximum absolute atomic E-state index is 13.5. The predicted octanol–water partition coefficient (Wildman–Crippen LogP) is 6.64. The lowest BCUT2D eigenvalue weighted by Gasteiger charge is -2.30. The number of rotatable bonds is 6. The molecule has 3 aromatic carbocycles. The van der Waals surface area contributed by atoms with Gasteiger partial charge in [-0.2, -0.15) is 0 Å². The van der Waals surface area contributed by atoms with Crippen LogP contribution in [0.3, 0.4) is 0 Å². The minimum Gasteiger partial charge on any atom is -0.497 e. The molecule has 6 nitrogen and oxygen atoms in total. The summed E-state index contributed by atoms with van der Waals surface area (Å²) in [6.07, 6.45) is 4.72. The first kappa shape index (κ1) is 24.6. The van der Waals surface area contributed by atoms with Gasteiger partial charge in [-0.05, 0) is 62.2 Å².